The van der Waals surface area contributed by atoms with Crippen LogP contribution >= 0.6 is 0 Å². The summed E-state index contributed by atoms with van der Waals surface area (Å²) in [6.07, 6.45) is 3.47. The van der Waals surface area contributed by atoms with Crippen molar-refractivity contribution in [2.75, 3.05) is 5.32 Å². The maximum absolute atomic E-state index is 13.3. The average Bonchev–Trinajstić information content (AvgIpc) is 3.23. The van der Waals surface area contributed by atoms with Crippen LogP contribution in [0.2, 0.25) is 0 Å². The number of nitrogens with one attached hydrogen (secondary N) is 2. The summed E-state index contributed by atoms with van der Waals surface area (Å²) in [6.45, 7) is 0. The van der Waals surface area contributed by atoms with Gasteiger partial charge in [0, 0.05) is 22.8 Å². The number of anilines is 1. The highest BCUT2D eigenvalue weighted by atomic mass is 19.1. The predicted octanol–water partition coefficient (Wildman–Crippen LogP) is 3.98. The maximum Gasteiger partial charge on any atom is 0.235 e. The average molecular weight is 294 g/mol. The lowest BCUT2D eigenvalue weighted by Gasteiger charge is -2.15. The Kier molecular flexibility index (Phi) is 2.79. The Morgan fingerprint density at radius 2 is 1.91 bits per heavy atom. The van der Waals surface area contributed by atoms with Crippen molar-refractivity contribution in [3.05, 3.63) is 66.1 Å². The zero-order valence-corrected chi connectivity index (χ0v) is 11.9. The first kappa shape index (κ1) is 13.1. The molecule has 4 heteroatoms. The second-order valence-corrected chi connectivity index (χ2v) is 5.79. The highest BCUT2D eigenvalue weighted by Gasteiger charge is 2.52. The zero-order chi connectivity index (χ0) is 15.2. The van der Waals surface area contributed by atoms with Crippen LogP contribution < -0.4 is 5.32 Å². The number of H-pyrrole nitrogens is 1. The van der Waals surface area contributed by atoms with E-state index in [-0.39, 0.29) is 11.7 Å². The van der Waals surface area contributed by atoms with Crippen molar-refractivity contribution in [3.63, 3.8) is 0 Å². The number of fused-ring (bicyclic) bond motifs is 1. The normalized spacial score (nSPS) is 15.7. The summed E-state index contributed by atoms with van der Waals surface area (Å²) < 4.78 is 13.3. The van der Waals surface area contributed by atoms with Crippen LogP contribution in [0.4, 0.5) is 10.1 Å². The van der Waals surface area contributed by atoms with Gasteiger partial charge in [0.05, 0.1) is 5.41 Å². The van der Waals surface area contributed by atoms with E-state index in [9.17, 15) is 9.18 Å². The summed E-state index contributed by atoms with van der Waals surface area (Å²) in [6, 6.07) is 14.1. The minimum atomic E-state index is -0.494. The molecule has 0 unspecified atom stereocenters. The molecule has 0 radical (unpaired) electrons. The van der Waals surface area contributed by atoms with Gasteiger partial charge in [-0.05, 0) is 48.7 Å². The monoisotopic (exact) mass is 294 g/mol. The van der Waals surface area contributed by atoms with Crippen LogP contribution in [0.25, 0.3) is 10.9 Å². The highest BCUT2D eigenvalue weighted by Crippen LogP contribution is 2.51. The summed E-state index contributed by atoms with van der Waals surface area (Å²) in [5.74, 6) is -0.275. The van der Waals surface area contributed by atoms with E-state index in [1.165, 1.54) is 12.1 Å². The molecule has 3 aromatic rings. The van der Waals surface area contributed by atoms with Gasteiger partial charge < -0.3 is 10.3 Å². The Hall–Kier alpha value is -2.62. The van der Waals surface area contributed by atoms with E-state index in [1.807, 2.05) is 36.5 Å². The molecule has 110 valence electrons. The molecule has 0 spiro atoms. The number of benzene rings is 2. The van der Waals surface area contributed by atoms with Gasteiger partial charge in [-0.2, -0.15) is 0 Å². The first-order chi connectivity index (χ1) is 10.7. The van der Waals surface area contributed by atoms with Crippen molar-refractivity contribution < 1.29 is 9.18 Å². The Bertz CT molecular complexity index is 850. The van der Waals surface area contributed by atoms with E-state index in [4.69, 9.17) is 0 Å². The van der Waals surface area contributed by atoms with Gasteiger partial charge in [-0.25, -0.2) is 4.39 Å². The largest absolute Gasteiger partial charge is 0.361 e. The van der Waals surface area contributed by atoms with Gasteiger partial charge in [-0.3, -0.25) is 4.79 Å². The molecule has 1 fully saturated rings. The van der Waals surface area contributed by atoms with E-state index < -0.39 is 5.41 Å². The van der Waals surface area contributed by atoms with Gasteiger partial charge in [-0.15, -0.1) is 0 Å². The number of aromatic nitrogens is 1. The number of aromatic amines is 1. The molecule has 0 atom stereocenters. The summed E-state index contributed by atoms with van der Waals surface area (Å²) in [5.41, 5.74) is 1.99. The quantitative estimate of drug-likeness (QED) is 0.754. The van der Waals surface area contributed by atoms with Gasteiger partial charge in [0.2, 0.25) is 5.91 Å². The molecule has 1 aliphatic rings. The fourth-order valence-electron chi connectivity index (χ4n) is 3.01. The number of rotatable bonds is 3. The number of amides is 1. The summed E-state index contributed by atoms with van der Waals surface area (Å²) in [5, 5.41) is 3.90. The SMILES string of the molecule is O=C(Nc1ccccc1)C1(c2c[nH]c3cc(F)ccc23)CC1. The number of carbonyl (C=O) groups is 1. The summed E-state index contributed by atoms with van der Waals surface area (Å²) >= 11 is 0. The van der Waals surface area contributed by atoms with Crippen LogP contribution in [0.15, 0.2) is 54.7 Å². The fourth-order valence-corrected chi connectivity index (χ4v) is 3.01. The van der Waals surface area contributed by atoms with Crippen molar-refractivity contribution in [2.45, 2.75) is 18.3 Å². The van der Waals surface area contributed by atoms with Crippen molar-refractivity contribution in [1.82, 2.24) is 4.98 Å². The molecular formula is C18H15FN2O. The van der Waals surface area contributed by atoms with E-state index in [0.29, 0.717) is 0 Å². The molecule has 0 saturated heterocycles. The molecule has 3 nitrogen and oxygen atoms in total. The molecule has 1 heterocycles. The van der Waals surface area contributed by atoms with Crippen molar-refractivity contribution >= 4 is 22.5 Å². The van der Waals surface area contributed by atoms with Gasteiger partial charge in [0.1, 0.15) is 5.82 Å². The number of carbonyl (C=O) groups excluding carboxylic acids is 1. The third-order valence-electron chi connectivity index (χ3n) is 4.38. The molecule has 22 heavy (non-hydrogen) atoms. The Balaban J connectivity index is 1.69. The number of halogens is 1. The third-order valence-corrected chi connectivity index (χ3v) is 4.38. The van der Waals surface area contributed by atoms with Crippen LogP contribution in [-0.4, -0.2) is 10.9 Å². The lowest BCUT2D eigenvalue weighted by atomic mass is 9.94. The van der Waals surface area contributed by atoms with Crippen LogP contribution in [0, 0.1) is 5.82 Å². The minimum Gasteiger partial charge on any atom is -0.361 e. The molecule has 1 saturated carbocycles. The molecule has 1 aliphatic carbocycles. The van der Waals surface area contributed by atoms with Gasteiger partial charge in [-0.1, -0.05) is 18.2 Å². The number of para-hydroxylation sites is 1. The standard InChI is InChI=1S/C18H15FN2O/c19-12-6-7-14-15(11-20-16(14)10-12)18(8-9-18)17(22)21-13-4-2-1-3-5-13/h1-7,10-11,20H,8-9H2,(H,21,22). The number of hydrogen-bond donors (Lipinski definition) is 2. The summed E-state index contributed by atoms with van der Waals surface area (Å²) in [4.78, 5) is 15.8. The molecule has 1 amide bonds. The molecule has 0 bridgehead atoms. The van der Waals surface area contributed by atoms with E-state index >= 15 is 0 Å². The van der Waals surface area contributed by atoms with Crippen LogP contribution in [0.1, 0.15) is 18.4 Å². The van der Waals surface area contributed by atoms with Crippen LogP contribution in [0.5, 0.6) is 0 Å². The van der Waals surface area contributed by atoms with Crippen molar-refractivity contribution in [2.24, 2.45) is 0 Å². The van der Waals surface area contributed by atoms with Crippen LogP contribution in [-0.2, 0) is 10.2 Å². The molecular weight excluding hydrogens is 279 g/mol. The van der Waals surface area contributed by atoms with E-state index in [0.717, 1.165) is 35.0 Å². The molecule has 2 N–H and O–H groups in total. The minimum absolute atomic E-state index is 0.00363. The molecule has 1 aromatic heterocycles. The maximum atomic E-state index is 13.3. The van der Waals surface area contributed by atoms with E-state index in [2.05, 4.69) is 10.3 Å². The Morgan fingerprint density at radius 3 is 2.64 bits per heavy atom. The second-order valence-electron chi connectivity index (χ2n) is 5.79. The predicted molar refractivity (Wildman–Crippen MR) is 84.2 cm³/mol. The Morgan fingerprint density at radius 1 is 1.14 bits per heavy atom. The van der Waals surface area contributed by atoms with Gasteiger partial charge in [0.25, 0.3) is 0 Å². The lowest BCUT2D eigenvalue weighted by molar-refractivity contribution is -0.118. The lowest BCUT2D eigenvalue weighted by Crippen LogP contribution is -2.27. The first-order valence-corrected chi connectivity index (χ1v) is 7.33. The molecule has 4 rings (SSSR count). The number of hydrogen-bond acceptors (Lipinski definition) is 1. The summed E-state index contributed by atoms with van der Waals surface area (Å²) in [7, 11) is 0. The van der Waals surface area contributed by atoms with E-state index in [1.54, 1.807) is 6.07 Å². The topological polar surface area (TPSA) is 44.9 Å². The third kappa shape index (κ3) is 1.99. The highest BCUT2D eigenvalue weighted by molar-refractivity contribution is 6.04. The first-order valence-electron chi connectivity index (χ1n) is 7.33. The molecule has 0 aliphatic heterocycles. The zero-order valence-electron chi connectivity index (χ0n) is 11.9. The van der Waals surface area contributed by atoms with Crippen molar-refractivity contribution in [1.29, 1.82) is 0 Å². The van der Waals surface area contributed by atoms with Gasteiger partial charge >= 0.3 is 0 Å². The van der Waals surface area contributed by atoms with Gasteiger partial charge in [0.15, 0.2) is 0 Å². The Labute approximate surface area is 127 Å². The molecule has 2 aromatic carbocycles. The fraction of sp³-hybridized carbons (Fsp3) is 0.167. The van der Waals surface area contributed by atoms with Crippen molar-refractivity contribution in [3.8, 4) is 0 Å². The smallest absolute Gasteiger partial charge is 0.235 e. The van der Waals surface area contributed by atoms with Crippen LogP contribution in [0.3, 0.4) is 0 Å². The second kappa shape index (κ2) is 4.70.